The van der Waals surface area contributed by atoms with Crippen LogP contribution in [0.5, 0.6) is 0 Å². The van der Waals surface area contributed by atoms with E-state index in [2.05, 4.69) is 13.0 Å². The quantitative estimate of drug-likeness (QED) is 0.850. The van der Waals surface area contributed by atoms with Crippen LogP contribution in [-0.2, 0) is 9.53 Å². The number of benzene rings is 1. The summed E-state index contributed by atoms with van der Waals surface area (Å²) in [5.41, 5.74) is 0.603. The molecule has 1 spiro atoms. The molecule has 3 heteroatoms. The van der Waals surface area contributed by atoms with Crippen molar-refractivity contribution in [2.45, 2.75) is 19.8 Å². The van der Waals surface area contributed by atoms with Gasteiger partial charge in [0.2, 0.25) is 5.91 Å². The second-order valence-electron chi connectivity index (χ2n) is 6.90. The summed E-state index contributed by atoms with van der Waals surface area (Å²) in [7, 11) is 1.73. The van der Waals surface area contributed by atoms with E-state index in [0.29, 0.717) is 11.8 Å². The van der Waals surface area contributed by atoms with Gasteiger partial charge in [-0.15, -0.1) is 0 Å². The summed E-state index contributed by atoms with van der Waals surface area (Å²) in [5.74, 6) is 2.31. The maximum atomic E-state index is 13.5. The fourth-order valence-corrected chi connectivity index (χ4v) is 5.02. The molecular formula is C20H23NO2. The summed E-state index contributed by atoms with van der Waals surface area (Å²) in [6.07, 6.45) is 8.41. The molecule has 2 aliphatic carbocycles. The van der Waals surface area contributed by atoms with Gasteiger partial charge in [-0.3, -0.25) is 4.79 Å². The number of ether oxygens (including phenoxy) is 1. The third kappa shape index (κ3) is 1.85. The van der Waals surface area contributed by atoms with E-state index in [0.717, 1.165) is 30.8 Å². The second-order valence-corrected chi connectivity index (χ2v) is 6.90. The number of hydrogen-bond acceptors (Lipinski definition) is 2. The zero-order valence-electron chi connectivity index (χ0n) is 13.7. The Labute approximate surface area is 137 Å². The van der Waals surface area contributed by atoms with Crippen LogP contribution in [-0.4, -0.2) is 19.6 Å². The van der Waals surface area contributed by atoms with Crippen molar-refractivity contribution >= 4 is 11.6 Å². The minimum Gasteiger partial charge on any atom is -0.501 e. The molecule has 1 heterocycles. The standard InChI is InChI=1S/C20H23NO2/c1-3-14-12-15-13-21(16-8-5-4-6-9-16)19(22)20(15)11-7-10-17(23-2)18(14)20/h4-11,14-15,18H,3,12-13H2,1-2H3/t14-,15+,18+,20-/m0/s1. The first-order chi connectivity index (χ1) is 11.2. The van der Waals surface area contributed by atoms with Crippen LogP contribution in [0, 0.1) is 23.2 Å². The molecule has 1 aromatic rings. The number of para-hydroxylation sites is 1. The van der Waals surface area contributed by atoms with E-state index in [-0.39, 0.29) is 11.8 Å². The maximum Gasteiger partial charge on any atom is 0.238 e. The summed E-state index contributed by atoms with van der Waals surface area (Å²) in [5, 5.41) is 0. The predicted octanol–water partition coefficient (Wildman–Crippen LogP) is 3.78. The van der Waals surface area contributed by atoms with Crippen LogP contribution in [0.3, 0.4) is 0 Å². The first-order valence-corrected chi connectivity index (χ1v) is 8.52. The van der Waals surface area contributed by atoms with Crippen LogP contribution in [0.25, 0.3) is 0 Å². The summed E-state index contributed by atoms with van der Waals surface area (Å²) >= 11 is 0. The Balaban J connectivity index is 1.77. The van der Waals surface area contributed by atoms with Crippen molar-refractivity contribution < 1.29 is 9.53 Å². The molecule has 0 bridgehead atoms. The van der Waals surface area contributed by atoms with Gasteiger partial charge in [0.1, 0.15) is 5.76 Å². The van der Waals surface area contributed by atoms with Crippen molar-refractivity contribution in [2.24, 2.45) is 23.2 Å². The third-order valence-corrected chi connectivity index (χ3v) is 6.03. The molecule has 120 valence electrons. The van der Waals surface area contributed by atoms with E-state index in [1.54, 1.807) is 7.11 Å². The van der Waals surface area contributed by atoms with Crippen molar-refractivity contribution in [2.75, 3.05) is 18.6 Å². The number of allylic oxidation sites excluding steroid dienone is 3. The Hall–Kier alpha value is -2.03. The van der Waals surface area contributed by atoms with Crippen LogP contribution < -0.4 is 4.90 Å². The maximum absolute atomic E-state index is 13.5. The van der Waals surface area contributed by atoms with Crippen LogP contribution >= 0.6 is 0 Å². The zero-order chi connectivity index (χ0) is 16.0. The lowest BCUT2D eigenvalue weighted by Gasteiger charge is -2.36. The van der Waals surface area contributed by atoms with Crippen LogP contribution in [0.4, 0.5) is 5.69 Å². The minimum absolute atomic E-state index is 0.189. The van der Waals surface area contributed by atoms with Gasteiger partial charge in [-0.2, -0.15) is 0 Å². The molecule has 1 aromatic carbocycles. The highest BCUT2D eigenvalue weighted by Crippen LogP contribution is 2.61. The minimum atomic E-state index is -0.406. The number of rotatable bonds is 3. The molecule has 1 saturated carbocycles. The highest BCUT2D eigenvalue weighted by molar-refractivity contribution is 6.02. The molecule has 1 amide bonds. The number of carbonyl (C=O) groups excluding carboxylic acids is 1. The van der Waals surface area contributed by atoms with Crippen LogP contribution in [0.15, 0.2) is 54.3 Å². The normalized spacial score (nSPS) is 35.0. The number of methoxy groups -OCH3 is 1. The van der Waals surface area contributed by atoms with Crippen molar-refractivity contribution in [1.82, 2.24) is 0 Å². The molecule has 23 heavy (non-hydrogen) atoms. The molecule has 0 radical (unpaired) electrons. The van der Waals surface area contributed by atoms with E-state index in [1.807, 2.05) is 47.4 Å². The molecule has 3 aliphatic rings. The van der Waals surface area contributed by atoms with Gasteiger partial charge >= 0.3 is 0 Å². The summed E-state index contributed by atoms with van der Waals surface area (Å²) < 4.78 is 5.67. The zero-order valence-corrected chi connectivity index (χ0v) is 13.7. The average molecular weight is 309 g/mol. The summed E-state index contributed by atoms with van der Waals surface area (Å²) in [4.78, 5) is 15.4. The molecule has 1 saturated heterocycles. The molecular weight excluding hydrogens is 286 g/mol. The average Bonchev–Trinajstić information content (AvgIpc) is 3.06. The van der Waals surface area contributed by atoms with Crippen molar-refractivity contribution in [3.8, 4) is 0 Å². The highest BCUT2D eigenvalue weighted by atomic mass is 16.5. The lowest BCUT2D eigenvalue weighted by atomic mass is 9.68. The fourth-order valence-electron chi connectivity index (χ4n) is 5.02. The molecule has 0 N–H and O–H groups in total. The molecule has 2 fully saturated rings. The predicted molar refractivity (Wildman–Crippen MR) is 90.8 cm³/mol. The van der Waals surface area contributed by atoms with Crippen molar-refractivity contribution in [3.05, 3.63) is 54.3 Å². The number of anilines is 1. The SMILES string of the molecule is CC[C@H]1C[C@@H]2CN(c3ccccc3)C(=O)[C@@]23C=CC=C(OC)[C@@H]13. The Morgan fingerprint density at radius 3 is 2.78 bits per heavy atom. The lowest BCUT2D eigenvalue weighted by molar-refractivity contribution is -0.126. The Morgan fingerprint density at radius 2 is 2.09 bits per heavy atom. The van der Waals surface area contributed by atoms with Crippen LogP contribution in [0.2, 0.25) is 0 Å². The van der Waals surface area contributed by atoms with Gasteiger partial charge in [0.15, 0.2) is 0 Å². The van der Waals surface area contributed by atoms with E-state index in [1.165, 1.54) is 0 Å². The fraction of sp³-hybridized carbons (Fsp3) is 0.450. The van der Waals surface area contributed by atoms with Crippen LogP contribution in [0.1, 0.15) is 19.8 Å². The van der Waals surface area contributed by atoms with Gasteiger partial charge in [-0.1, -0.05) is 43.7 Å². The summed E-state index contributed by atoms with van der Waals surface area (Å²) in [6, 6.07) is 10.0. The van der Waals surface area contributed by atoms with Gasteiger partial charge in [0.05, 0.1) is 12.5 Å². The van der Waals surface area contributed by atoms with E-state index < -0.39 is 5.41 Å². The Morgan fingerprint density at radius 1 is 1.30 bits per heavy atom. The lowest BCUT2D eigenvalue weighted by Crippen LogP contribution is -2.41. The highest BCUT2D eigenvalue weighted by Gasteiger charge is 2.64. The summed E-state index contributed by atoms with van der Waals surface area (Å²) in [6.45, 7) is 3.04. The van der Waals surface area contributed by atoms with Gasteiger partial charge < -0.3 is 9.64 Å². The van der Waals surface area contributed by atoms with Crippen molar-refractivity contribution in [1.29, 1.82) is 0 Å². The molecule has 4 atom stereocenters. The van der Waals surface area contributed by atoms with Gasteiger partial charge in [0, 0.05) is 18.2 Å². The second kappa shape index (κ2) is 5.26. The smallest absolute Gasteiger partial charge is 0.238 e. The number of carbonyl (C=O) groups is 1. The van der Waals surface area contributed by atoms with Gasteiger partial charge in [-0.05, 0) is 36.5 Å². The number of amides is 1. The van der Waals surface area contributed by atoms with Gasteiger partial charge in [0.25, 0.3) is 0 Å². The van der Waals surface area contributed by atoms with E-state index in [9.17, 15) is 4.79 Å². The topological polar surface area (TPSA) is 29.5 Å². The van der Waals surface area contributed by atoms with E-state index in [4.69, 9.17) is 4.74 Å². The molecule has 0 unspecified atom stereocenters. The number of nitrogens with zero attached hydrogens (tertiary/aromatic N) is 1. The molecule has 1 aliphatic heterocycles. The monoisotopic (exact) mass is 309 g/mol. The van der Waals surface area contributed by atoms with Gasteiger partial charge in [-0.25, -0.2) is 0 Å². The van der Waals surface area contributed by atoms with Crippen molar-refractivity contribution in [3.63, 3.8) is 0 Å². The number of hydrogen-bond donors (Lipinski definition) is 0. The van der Waals surface area contributed by atoms with E-state index >= 15 is 0 Å². The Kier molecular flexibility index (Phi) is 3.33. The Bertz CT molecular complexity index is 678. The largest absolute Gasteiger partial charge is 0.501 e. The third-order valence-electron chi connectivity index (χ3n) is 6.03. The first-order valence-electron chi connectivity index (χ1n) is 8.52. The molecule has 3 nitrogen and oxygen atoms in total. The molecule has 4 rings (SSSR count). The molecule has 0 aromatic heterocycles. The first kappa shape index (κ1) is 14.6.